The molecule has 1 amide bonds. The van der Waals surface area contributed by atoms with Gasteiger partial charge in [-0.15, -0.1) is 0 Å². The Morgan fingerprint density at radius 1 is 1.16 bits per heavy atom. The normalized spacial score (nSPS) is 17.2. The van der Waals surface area contributed by atoms with Gasteiger partial charge in [0.05, 0.1) is 11.7 Å². The Bertz CT molecular complexity index is 1260. The minimum Gasteiger partial charge on any atom is -0.454 e. The number of anilines is 1. The first-order valence-corrected chi connectivity index (χ1v) is 12.3. The Labute approximate surface area is 189 Å². The maximum absolute atomic E-state index is 13.4. The molecule has 0 aliphatic carbocycles. The quantitative estimate of drug-likeness (QED) is 0.546. The number of amides is 1. The maximum Gasteiger partial charge on any atom is 0.324 e. The Morgan fingerprint density at radius 3 is 2.78 bits per heavy atom. The first-order chi connectivity index (χ1) is 15.4. The van der Waals surface area contributed by atoms with E-state index >= 15 is 0 Å². The average molecular weight is 475 g/mol. The van der Waals surface area contributed by atoms with Gasteiger partial charge in [-0.05, 0) is 49.9 Å². The molecule has 1 saturated heterocycles. The highest BCUT2D eigenvalue weighted by molar-refractivity contribution is 7.89. The van der Waals surface area contributed by atoms with Crippen LogP contribution in [0.4, 0.5) is 5.69 Å². The summed E-state index contributed by atoms with van der Waals surface area (Å²) in [5, 5.41) is 2.69. The van der Waals surface area contributed by atoms with E-state index in [4.69, 9.17) is 4.74 Å². The van der Waals surface area contributed by atoms with E-state index < -0.39 is 34.5 Å². The Morgan fingerprint density at radius 2 is 1.97 bits per heavy atom. The van der Waals surface area contributed by atoms with Crippen molar-refractivity contribution < 1.29 is 22.7 Å². The summed E-state index contributed by atoms with van der Waals surface area (Å²) < 4.78 is 41.4. The van der Waals surface area contributed by atoms with Gasteiger partial charge in [-0.3, -0.25) is 9.59 Å². The molecule has 1 N–H and O–H groups in total. The van der Waals surface area contributed by atoms with Crippen molar-refractivity contribution in [3.63, 3.8) is 0 Å². The predicted molar refractivity (Wildman–Crippen MR) is 120 cm³/mol. The molecule has 2 aromatic carbocycles. The highest BCUT2D eigenvalue weighted by Crippen LogP contribution is 2.29. The van der Waals surface area contributed by atoms with E-state index in [9.17, 15) is 18.0 Å². The van der Waals surface area contributed by atoms with Crippen LogP contribution >= 0.6 is 11.7 Å². The summed E-state index contributed by atoms with van der Waals surface area (Å²) in [6.07, 6.45) is 1.63. The predicted octanol–water partition coefficient (Wildman–Crippen LogP) is 2.72. The fourth-order valence-corrected chi connectivity index (χ4v) is 6.08. The van der Waals surface area contributed by atoms with Crippen molar-refractivity contribution in [1.82, 2.24) is 13.1 Å². The molecule has 1 aliphatic rings. The highest BCUT2D eigenvalue weighted by Gasteiger charge is 2.39. The third-order valence-electron chi connectivity index (χ3n) is 5.33. The number of carbonyl (C=O) groups is 2. The molecule has 0 radical (unpaired) electrons. The van der Waals surface area contributed by atoms with Crippen molar-refractivity contribution in [2.45, 2.75) is 37.1 Å². The van der Waals surface area contributed by atoms with Gasteiger partial charge in [-0.2, -0.15) is 13.1 Å². The number of benzene rings is 2. The van der Waals surface area contributed by atoms with E-state index in [0.717, 1.165) is 21.6 Å². The Kier molecular flexibility index (Phi) is 6.49. The van der Waals surface area contributed by atoms with Crippen molar-refractivity contribution in [1.29, 1.82) is 0 Å². The summed E-state index contributed by atoms with van der Waals surface area (Å²) in [6, 6.07) is 11.0. The molecule has 0 spiro atoms. The minimum atomic E-state index is -4.01. The molecule has 3 aromatic rings. The molecule has 0 saturated carbocycles. The smallest absolute Gasteiger partial charge is 0.324 e. The number of ether oxygens (including phenoxy) is 1. The SMILES string of the molecule is Cc1ccccc1NC(=O)COC(=O)C1CCCCN1S(=O)(=O)c1cccc2nsnc12. The van der Waals surface area contributed by atoms with E-state index in [1.807, 2.05) is 19.1 Å². The van der Waals surface area contributed by atoms with Crippen LogP contribution < -0.4 is 5.32 Å². The summed E-state index contributed by atoms with van der Waals surface area (Å²) in [5.74, 6) is -1.23. The first-order valence-electron chi connectivity index (χ1n) is 10.1. The molecule has 32 heavy (non-hydrogen) atoms. The van der Waals surface area contributed by atoms with Crippen LogP contribution in [0, 0.1) is 6.92 Å². The Hall–Kier alpha value is -2.89. The van der Waals surface area contributed by atoms with Crippen LogP contribution in [0.2, 0.25) is 0 Å². The number of esters is 1. The molecule has 168 valence electrons. The van der Waals surface area contributed by atoms with Gasteiger partial charge >= 0.3 is 5.97 Å². The van der Waals surface area contributed by atoms with Crippen LogP contribution in [0.25, 0.3) is 11.0 Å². The number of aromatic nitrogens is 2. The lowest BCUT2D eigenvalue weighted by Crippen LogP contribution is -2.49. The standard InChI is InChI=1S/C21H22N4O5S2/c1-14-7-2-3-8-15(14)22-19(26)13-30-21(27)17-10-4-5-12-25(17)32(28,29)18-11-6-9-16-20(18)24-31-23-16/h2-3,6-9,11,17H,4-5,10,12-13H2,1H3,(H,22,26). The van der Waals surface area contributed by atoms with Gasteiger partial charge < -0.3 is 10.1 Å². The van der Waals surface area contributed by atoms with Gasteiger partial charge in [0.15, 0.2) is 6.61 Å². The maximum atomic E-state index is 13.4. The lowest BCUT2D eigenvalue weighted by atomic mass is 10.1. The second-order valence-electron chi connectivity index (χ2n) is 7.49. The second kappa shape index (κ2) is 9.31. The third kappa shape index (κ3) is 4.50. The van der Waals surface area contributed by atoms with E-state index in [1.54, 1.807) is 24.3 Å². The van der Waals surface area contributed by atoms with Gasteiger partial charge in [-0.25, -0.2) is 8.42 Å². The number of carbonyl (C=O) groups excluding carboxylic acids is 2. The summed E-state index contributed by atoms with van der Waals surface area (Å²) in [7, 11) is -4.01. The molecule has 4 rings (SSSR count). The molecular weight excluding hydrogens is 452 g/mol. The number of hydrogen-bond donors (Lipinski definition) is 1. The van der Waals surface area contributed by atoms with E-state index in [-0.39, 0.29) is 17.0 Å². The molecule has 1 unspecified atom stereocenters. The van der Waals surface area contributed by atoms with Crippen LogP contribution in [-0.2, 0) is 24.3 Å². The molecule has 1 fully saturated rings. The summed E-state index contributed by atoms with van der Waals surface area (Å²) in [5.41, 5.74) is 2.27. The van der Waals surface area contributed by atoms with E-state index in [2.05, 4.69) is 14.1 Å². The third-order valence-corrected chi connectivity index (χ3v) is 7.81. The Balaban J connectivity index is 1.48. The summed E-state index contributed by atoms with van der Waals surface area (Å²) in [6.45, 7) is 1.54. The molecule has 11 heteroatoms. The van der Waals surface area contributed by atoms with Gasteiger partial charge in [0, 0.05) is 12.2 Å². The number of fused-ring (bicyclic) bond motifs is 1. The monoisotopic (exact) mass is 474 g/mol. The van der Waals surface area contributed by atoms with Crippen molar-refractivity contribution in [3.05, 3.63) is 48.0 Å². The zero-order valence-electron chi connectivity index (χ0n) is 17.4. The first kappa shape index (κ1) is 22.3. The van der Waals surface area contributed by atoms with E-state index in [1.165, 1.54) is 6.07 Å². The number of rotatable bonds is 6. The molecule has 9 nitrogen and oxygen atoms in total. The fourth-order valence-electron chi connectivity index (χ4n) is 3.68. The number of sulfonamides is 1. The molecular formula is C21H22N4O5S2. The van der Waals surface area contributed by atoms with Crippen LogP contribution in [0.5, 0.6) is 0 Å². The zero-order valence-corrected chi connectivity index (χ0v) is 19.0. The minimum absolute atomic E-state index is 0.0146. The van der Waals surface area contributed by atoms with Gasteiger partial charge in [0.2, 0.25) is 10.0 Å². The van der Waals surface area contributed by atoms with Crippen LogP contribution in [0.1, 0.15) is 24.8 Å². The highest BCUT2D eigenvalue weighted by atomic mass is 32.2. The summed E-state index contributed by atoms with van der Waals surface area (Å²) >= 11 is 0.931. The number of piperidine rings is 1. The molecule has 1 aliphatic heterocycles. The fraction of sp³-hybridized carbons (Fsp3) is 0.333. The van der Waals surface area contributed by atoms with E-state index in [0.29, 0.717) is 30.5 Å². The lowest BCUT2D eigenvalue weighted by molar-refractivity contribution is -0.152. The summed E-state index contributed by atoms with van der Waals surface area (Å²) in [4.78, 5) is 25.0. The number of aryl methyl sites for hydroxylation is 1. The van der Waals surface area contributed by atoms with Crippen molar-refractivity contribution in [2.24, 2.45) is 0 Å². The van der Waals surface area contributed by atoms with Gasteiger partial charge in [0.1, 0.15) is 22.0 Å². The van der Waals surface area contributed by atoms with Crippen LogP contribution in [0.3, 0.4) is 0 Å². The van der Waals surface area contributed by atoms with Crippen molar-refractivity contribution in [2.75, 3.05) is 18.5 Å². The molecule has 0 bridgehead atoms. The second-order valence-corrected chi connectivity index (χ2v) is 9.87. The van der Waals surface area contributed by atoms with Crippen molar-refractivity contribution in [3.8, 4) is 0 Å². The molecule has 1 aromatic heterocycles. The largest absolute Gasteiger partial charge is 0.454 e. The molecule has 2 heterocycles. The topological polar surface area (TPSA) is 119 Å². The number of nitrogens with one attached hydrogen (secondary N) is 1. The van der Waals surface area contributed by atoms with Crippen LogP contribution in [-0.4, -0.2) is 52.5 Å². The number of para-hydroxylation sites is 1. The van der Waals surface area contributed by atoms with Crippen molar-refractivity contribution >= 4 is 50.3 Å². The van der Waals surface area contributed by atoms with Gasteiger partial charge in [0.25, 0.3) is 5.91 Å². The average Bonchev–Trinajstić information content (AvgIpc) is 3.28. The molecule has 1 atom stereocenters. The number of hydrogen-bond acceptors (Lipinski definition) is 8. The number of nitrogens with zero attached hydrogens (tertiary/aromatic N) is 3. The lowest BCUT2D eigenvalue weighted by Gasteiger charge is -2.32. The zero-order chi connectivity index (χ0) is 22.7. The van der Waals surface area contributed by atoms with Crippen LogP contribution in [0.15, 0.2) is 47.4 Å². The van der Waals surface area contributed by atoms with Gasteiger partial charge in [-0.1, -0.05) is 24.3 Å².